The molecule has 1 atom stereocenters. The second-order valence-corrected chi connectivity index (χ2v) is 5.43. The Kier molecular flexibility index (Phi) is 5.92. The van der Waals surface area contributed by atoms with Crippen molar-refractivity contribution in [1.82, 2.24) is 5.43 Å². The van der Waals surface area contributed by atoms with Gasteiger partial charge in [-0.15, -0.1) is 0 Å². The molecule has 0 aliphatic heterocycles. The van der Waals surface area contributed by atoms with Gasteiger partial charge in [0.2, 0.25) is 0 Å². The first-order valence-electron chi connectivity index (χ1n) is 7.53. The van der Waals surface area contributed by atoms with Gasteiger partial charge in [-0.2, -0.15) is 5.10 Å². The molecular weight excluding hydrogens is 308 g/mol. The van der Waals surface area contributed by atoms with Crippen LogP contribution in [0.15, 0.2) is 53.6 Å². The Morgan fingerprint density at radius 1 is 1.21 bits per heavy atom. The molecule has 0 unspecified atom stereocenters. The van der Waals surface area contributed by atoms with Crippen molar-refractivity contribution in [3.05, 3.63) is 59.7 Å². The molecule has 0 aromatic heterocycles. The number of hydrogen-bond donors (Lipinski definition) is 3. The fraction of sp³-hybridized carbons (Fsp3) is 0.222. The van der Waals surface area contributed by atoms with Crippen LogP contribution in [0.25, 0.3) is 0 Å². The summed E-state index contributed by atoms with van der Waals surface area (Å²) in [6, 6.07) is 13.3. The van der Waals surface area contributed by atoms with E-state index in [1.165, 1.54) is 12.3 Å². The minimum Gasteiger partial charge on any atom is -0.507 e. The molecule has 0 bridgehead atoms. The van der Waals surface area contributed by atoms with E-state index in [0.29, 0.717) is 16.9 Å². The molecule has 2 aromatic rings. The highest BCUT2D eigenvalue weighted by atomic mass is 16.5. The summed E-state index contributed by atoms with van der Waals surface area (Å²) in [5, 5.41) is 23.6. The van der Waals surface area contributed by atoms with Crippen LogP contribution in [-0.4, -0.2) is 28.4 Å². The van der Waals surface area contributed by atoms with Crippen molar-refractivity contribution in [1.29, 1.82) is 0 Å². The van der Waals surface area contributed by atoms with Gasteiger partial charge in [0.25, 0.3) is 5.91 Å². The molecule has 126 valence electrons. The zero-order chi connectivity index (χ0) is 17.5. The first-order valence-corrected chi connectivity index (χ1v) is 7.53. The minimum absolute atomic E-state index is 0.00248. The number of nitrogens with zero attached hydrogens (tertiary/aromatic N) is 1. The molecule has 6 heteroatoms. The quantitative estimate of drug-likeness (QED) is 0.561. The average molecular weight is 328 g/mol. The molecule has 2 aromatic carbocycles. The number of amides is 1. The van der Waals surface area contributed by atoms with Gasteiger partial charge in [0.15, 0.2) is 6.10 Å². The van der Waals surface area contributed by atoms with Crippen molar-refractivity contribution in [2.45, 2.75) is 26.1 Å². The third kappa shape index (κ3) is 4.82. The molecule has 0 aliphatic carbocycles. The number of hydrogen-bond acceptors (Lipinski definition) is 5. The van der Waals surface area contributed by atoms with E-state index in [0.717, 1.165) is 0 Å². The zero-order valence-electron chi connectivity index (χ0n) is 13.5. The number of aliphatic hydroxyl groups excluding tert-OH is 1. The van der Waals surface area contributed by atoms with E-state index in [2.05, 4.69) is 10.5 Å². The lowest BCUT2D eigenvalue weighted by Crippen LogP contribution is -2.25. The topological polar surface area (TPSA) is 91.2 Å². The van der Waals surface area contributed by atoms with E-state index in [1.807, 2.05) is 13.8 Å². The number of ether oxygens (including phenoxy) is 1. The molecule has 0 radical (unpaired) electrons. The molecule has 0 saturated heterocycles. The van der Waals surface area contributed by atoms with Gasteiger partial charge in [-0.05, 0) is 31.5 Å². The minimum atomic E-state index is -1.31. The molecule has 0 heterocycles. The van der Waals surface area contributed by atoms with Crippen LogP contribution in [0.2, 0.25) is 0 Å². The average Bonchev–Trinajstić information content (AvgIpc) is 2.56. The first-order chi connectivity index (χ1) is 11.5. The Bertz CT molecular complexity index is 714. The summed E-state index contributed by atoms with van der Waals surface area (Å²) in [5.41, 5.74) is 3.13. The molecule has 0 saturated carbocycles. The van der Waals surface area contributed by atoms with E-state index >= 15 is 0 Å². The highest BCUT2D eigenvalue weighted by molar-refractivity contribution is 5.86. The van der Waals surface area contributed by atoms with Gasteiger partial charge in [-0.3, -0.25) is 4.79 Å². The molecule has 0 fully saturated rings. The Balaban J connectivity index is 1.97. The van der Waals surface area contributed by atoms with Gasteiger partial charge in [0.1, 0.15) is 11.5 Å². The van der Waals surface area contributed by atoms with E-state index in [9.17, 15) is 15.0 Å². The monoisotopic (exact) mass is 328 g/mol. The van der Waals surface area contributed by atoms with Gasteiger partial charge in [-0.1, -0.05) is 30.3 Å². The van der Waals surface area contributed by atoms with E-state index in [-0.39, 0.29) is 11.9 Å². The van der Waals surface area contributed by atoms with Crippen LogP contribution in [0.5, 0.6) is 11.5 Å². The van der Waals surface area contributed by atoms with Gasteiger partial charge in [-0.25, -0.2) is 5.43 Å². The van der Waals surface area contributed by atoms with E-state index < -0.39 is 12.0 Å². The molecule has 1 amide bonds. The molecule has 6 nitrogen and oxygen atoms in total. The highest BCUT2D eigenvalue weighted by Crippen LogP contribution is 2.23. The second kappa shape index (κ2) is 8.12. The van der Waals surface area contributed by atoms with Crippen molar-refractivity contribution in [2.24, 2.45) is 5.10 Å². The SMILES string of the molecule is CC(C)Oc1ccc(/C=N\NC(=O)[C@@H](O)c2ccccc2)c(O)c1. The van der Waals surface area contributed by atoms with Crippen LogP contribution in [-0.2, 0) is 4.79 Å². The lowest BCUT2D eigenvalue weighted by molar-refractivity contribution is -0.129. The summed E-state index contributed by atoms with van der Waals surface area (Å²) in [6.07, 6.45) is -0.00848. The molecule has 24 heavy (non-hydrogen) atoms. The summed E-state index contributed by atoms with van der Waals surface area (Å²) in [5.74, 6) is -0.130. The lowest BCUT2D eigenvalue weighted by Gasteiger charge is -2.10. The maximum absolute atomic E-state index is 11.8. The van der Waals surface area contributed by atoms with Gasteiger partial charge in [0.05, 0.1) is 12.3 Å². The summed E-state index contributed by atoms with van der Waals surface area (Å²) in [4.78, 5) is 11.8. The van der Waals surface area contributed by atoms with Crippen LogP contribution in [0.1, 0.15) is 31.1 Å². The fourth-order valence-corrected chi connectivity index (χ4v) is 1.99. The van der Waals surface area contributed by atoms with Crippen molar-refractivity contribution in [3.8, 4) is 11.5 Å². The van der Waals surface area contributed by atoms with Crippen LogP contribution in [0.3, 0.4) is 0 Å². The number of carbonyl (C=O) groups is 1. The number of hydrazone groups is 1. The van der Waals surface area contributed by atoms with Crippen molar-refractivity contribution in [3.63, 3.8) is 0 Å². The third-order valence-corrected chi connectivity index (χ3v) is 3.12. The van der Waals surface area contributed by atoms with Crippen LogP contribution in [0, 0.1) is 0 Å². The third-order valence-electron chi connectivity index (χ3n) is 3.12. The molecule has 0 aliphatic rings. The summed E-state index contributed by atoms with van der Waals surface area (Å²) < 4.78 is 5.47. The number of rotatable bonds is 6. The Morgan fingerprint density at radius 3 is 2.54 bits per heavy atom. The Morgan fingerprint density at radius 2 is 1.92 bits per heavy atom. The predicted molar refractivity (Wildman–Crippen MR) is 91.0 cm³/mol. The highest BCUT2D eigenvalue weighted by Gasteiger charge is 2.16. The van der Waals surface area contributed by atoms with Crippen LogP contribution >= 0.6 is 0 Å². The Labute approximate surface area is 140 Å². The first kappa shape index (κ1) is 17.5. The molecule has 2 rings (SSSR count). The molecule has 3 N–H and O–H groups in total. The predicted octanol–water partition coefficient (Wildman–Crippen LogP) is 2.36. The maximum Gasteiger partial charge on any atom is 0.273 e. The van der Waals surface area contributed by atoms with Gasteiger partial charge in [0, 0.05) is 11.6 Å². The zero-order valence-corrected chi connectivity index (χ0v) is 13.5. The summed E-state index contributed by atoms with van der Waals surface area (Å²) in [7, 11) is 0. The largest absolute Gasteiger partial charge is 0.507 e. The number of aliphatic hydroxyl groups is 1. The van der Waals surface area contributed by atoms with Crippen molar-refractivity contribution in [2.75, 3.05) is 0 Å². The van der Waals surface area contributed by atoms with Crippen molar-refractivity contribution >= 4 is 12.1 Å². The number of phenols is 1. The normalized spacial score (nSPS) is 12.3. The Hall–Kier alpha value is -2.86. The van der Waals surface area contributed by atoms with Crippen molar-refractivity contribution < 1.29 is 19.7 Å². The number of nitrogens with one attached hydrogen (secondary N) is 1. The standard InChI is InChI=1S/C18H20N2O4/c1-12(2)24-15-9-8-14(16(21)10-15)11-19-20-18(23)17(22)13-6-4-3-5-7-13/h3-12,17,21-22H,1-2H3,(H,20,23)/b19-11-/t17-/m0/s1. The van der Waals surface area contributed by atoms with Gasteiger partial charge < -0.3 is 14.9 Å². The lowest BCUT2D eigenvalue weighted by atomic mass is 10.1. The number of carbonyl (C=O) groups excluding carboxylic acids is 1. The van der Waals surface area contributed by atoms with E-state index in [4.69, 9.17) is 4.74 Å². The molecule has 0 spiro atoms. The maximum atomic E-state index is 11.8. The van der Waals surface area contributed by atoms with Gasteiger partial charge >= 0.3 is 0 Å². The fourth-order valence-electron chi connectivity index (χ4n) is 1.99. The molecular formula is C18H20N2O4. The summed E-state index contributed by atoms with van der Waals surface area (Å²) >= 11 is 0. The van der Waals surface area contributed by atoms with Crippen LogP contribution < -0.4 is 10.2 Å². The smallest absolute Gasteiger partial charge is 0.273 e. The number of aromatic hydroxyl groups is 1. The van der Waals surface area contributed by atoms with E-state index in [1.54, 1.807) is 42.5 Å². The number of benzene rings is 2. The summed E-state index contributed by atoms with van der Waals surface area (Å²) in [6.45, 7) is 3.78. The number of phenolic OH excluding ortho intramolecular Hbond substituents is 1. The van der Waals surface area contributed by atoms with Crippen LogP contribution in [0.4, 0.5) is 0 Å². The second-order valence-electron chi connectivity index (χ2n) is 5.43.